The van der Waals surface area contributed by atoms with Crippen LogP contribution >= 0.6 is 23.2 Å². The molecule has 2 aromatic heterocycles. The zero-order valence-electron chi connectivity index (χ0n) is 12.5. The van der Waals surface area contributed by atoms with E-state index in [1.165, 1.54) is 6.07 Å². The van der Waals surface area contributed by atoms with Crippen LogP contribution < -0.4 is 5.32 Å². The minimum absolute atomic E-state index is 0.214. The molecular formula is C16H14Cl2N4O. The maximum Gasteiger partial charge on any atom is 0.257 e. The Hall–Kier alpha value is -2.11. The summed E-state index contributed by atoms with van der Waals surface area (Å²) in [7, 11) is 0. The molecule has 3 aromatic rings. The fourth-order valence-corrected chi connectivity index (χ4v) is 2.63. The van der Waals surface area contributed by atoms with Gasteiger partial charge in [0.2, 0.25) is 0 Å². The molecule has 23 heavy (non-hydrogen) atoms. The van der Waals surface area contributed by atoms with E-state index < -0.39 is 0 Å². The standard InChI is InChI=1S/C16H14Cl2N4O/c1-9(2)22-15-10(7-20-22)5-12(8-19-15)21-16(23)13-6-11(17)3-4-14(13)18/h3-9H,1-2H3,(H,21,23). The van der Waals surface area contributed by atoms with Crippen LogP contribution in [-0.4, -0.2) is 20.7 Å². The van der Waals surface area contributed by atoms with Crippen molar-refractivity contribution < 1.29 is 4.79 Å². The summed E-state index contributed by atoms with van der Waals surface area (Å²) in [6, 6.07) is 6.79. The molecular weight excluding hydrogens is 335 g/mol. The third-order valence-electron chi connectivity index (χ3n) is 3.35. The van der Waals surface area contributed by atoms with Gasteiger partial charge in [0, 0.05) is 16.5 Å². The van der Waals surface area contributed by atoms with E-state index in [9.17, 15) is 4.79 Å². The second-order valence-electron chi connectivity index (χ2n) is 5.40. The maximum atomic E-state index is 12.3. The summed E-state index contributed by atoms with van der Waals surface area (Å²) in [5, 5.41) is 8.72. The van der Waals surface area contributed by atoms with Gasteiger partial charge in [-0.15, -0.1) is 0 Å². The number of benzene rings is 1. The van der Waals surface area contributed by atoms with Gasteiger partial charge in [-0.05, 0) is 38.1 Å². The van der Waals surface area contributed by atoms with E-state index in [4.69, 9.17) is 23.2 Å². The predicted molar refractivity (Wildman–Crippen MR) is 92.3 cm³/mol. The van der Waals surface area contributed by atoms with E-state index in [2.05, 4.69) is 15.4 Å². The normalized spacial score (nSPS) is 11.2. The molecule has 0 aliphatic carbocycles. The van der Waals surface area contributed by atoms with Crippen molar-refractivity contribution in [1.82, 2.24) is 14.8 Å². The minimum Gasteiger partial charge on any atom is -0.321 e. The lowest BCUT2D eigenvalue weighted by Crippen LogP contribution is -2.12. The van der Waals surface area contributed by atoms with Crippen molar-refractivity contribution >= 4 is 45.8 Å². The van der Waals surface area contributed by atoms with Gasteiger partial charge >= 0.3 is 0 Å². The smallest absolute Gasteiger partial charge is 0.257 e. The van der Waals surface area contributed by atoms with Crippen LogP contribution in [0.1, 0.15) is 30.2 Å². The van der Waals surface area contributed by atoms with E-state index in [0.29, 0.717) is 21.3 Å². The Morgan fingerprint density at radius 1 is 1.22 bits per heavy atom. The molecule has 0 fully saturated rings. The molecule has 0 radical (unpaired) electrons. The first-order valence-electron chi connectivity index (χ1n) is 7.05. The van der Waals surface area contributed by atoms with Gasteiger partial charge in [0.15, 0.2) is 5.65 Å². The summed E-state index contributed by atoms with van der Waals surface area (Å²) >= 11 is 12.0. The highest BCUT2D eigenvalue weighted by atomic mass is 35.5. The number of fused-ring (bicyclic) bond motifs is 1. The zero-order valence-corrected chi connectivity index (χ0v) is 14.1. The lowest BCUT2D eigenvalue weighted by atomic mass is 10.2. The molecule has 2 heterocycles. The summed E-state index contributed by atoms with van der Waals surface area (Å²) in [6.45, 7) is 4.07. The first kappa shape index (κ1) is 15.8. The Morgan fingerprint density at radius 3 is 2.74 bits per heavy atom. The van der Waals surface area contributed by atoms with E-state index in [-0.39, 0.29) is 11.9 Å². The van der Waals surface area contributed by atoms with Crippen molar-refractivity contribution in [2.24, 2.45) is 0 Å². The number of nitrogens with one attached hydrogen (secondary N) is 1. The molecule has 0 spiro atoms. The van der Waals surface area contributed by atoms with Gasteiger partial charge in [0.05, 0.1) is 28.7 Å². The van der Waals surface area contributed by atoms with Crippen molar-refractivity contribution in [1.29, 1.82) is 0 Å². The molecule has 5 nitrogen and oxygen atoms in total. The molecule has 0 atom stereocenters. The number of anilines is 1. The first-order valence-corrected chi connectivity index (χ1v) is 7.81. The molecule has 1 amide bonds. The van der Waals surface area contributed by atoms with Gasteiger partial charge in [0.1, 0.15) is 0 Å². The number of hydrogen-bond acceptors (Lipinski definition) is 3. The van der Waals surface area contributed by atoms with E-state index in [0.717, 1.165) is 11.0 Å². The predicted octanol–water partition coefficient (Wildman–Crippen LogP) is 4.57. The average molecular weight is 349 g/mol. The molecule has 0 aliphatic heterocycles. The second-order valence-corrected chi connectivity index (χ2v) is 6.24. The quantitative estimate of drug-likeness (QED) is 0.753. The number of nitrogens with zero attached hydrogens (tertiary/aromatic N) is 3. The monoisotopic (exact) mass is 348 g/mol. The van der Waals surface area contributed by atoms with E-state index in [1.807, 2.05) is 24.6 Å². The number of amides is 1. The lowest BCUT2D eigenvalue weighted by Gasteiger charge is -2.08. The Bertz CT molecular complexity index is 889. The molecule has 1 aromatic carbocycles. The van der Waals surface area contributed by atoms with Crippen LogP contribution in [0, 0.1) is 0 Å². The van der Waals surface area contributed by atoms with E-state index >= 15 is 0 Å². The lowest BCUT2D eigenvalue weighted by molar-refractivity contribution is 0.102. The molecule has 7 heteroatoms. The summed E-state index contributed by atoms with van der Waals surface area (Å²) < 4.78 is 1.83. The van der Waals surface area contributed by atoms with Crippen molar-refractivity contribution in [3.05, 3.63) is 52.3 Å². The number of halogens is 2. The molecule has 0 bridgehead atoms. The third kappa shape index (κ3) is 3.16. The Kier molecular flexibility index (Phi) is 4.24. The third-order valence-corrected chi connectivity index (χ3v) is 3.92. The van der Waals surface area contributed by atoms with Gasteiger partial charge in [0.25, 0.3) is 5.91 Å². The van der Waals surface area contributed by atoms with Crippen LogP contribution in [0.2, 0.25) is 10.0 Å². The highest BCUT2D eigenvalue weighted by Crippen LogP contribution is 2.23. The Balaban J connectivity index is 1.89. The number of pyridine rings is 1. The zero-order chi connectivity index (χ0) is 16.6. The fourth-order valence-electron chi connectivity index (χ4n) is 2.26. The molecule has 118 valence electrons. The molecule has 0 saturated heterocycles. The van der Waals surface area contributed by atoms with Crippen molar-refractivity contribution in [2.45, 2.75) is 19.9 Å². The summed E-state index contributed by atoms with van der Waals surface area (Å²) in [6.07, 6.45) is 3.32. The Labute approximate surface area is 143 Å². The molecule has 1 N–H and O–H groups in total. The minimum atomic E-state index is -0.338. The first-order chi connectivity index (χ1) is 11.0. The average Bonchev–Trinajstić information content (AvgIpc) is 2.93. The topological polar surface area (TPSA) is 59.8 Å². The van der Waals surface area contributed by atoms with Crippen LogP contribution in [0.4, 0.5) is 5.69 Å². The SMILES string of the molecule is CC(C)n1ncc2cc(NC(=O)c3cc(Cl)ccc3Cl)cnc21. The highest BCUT2D eigenvalue weighted by molar-refractivity contribution is 6.36. The van der Waals surface area contributed by atoms with Gasteiger partial charge in [-0.1, -0.05) is 23.2 Å². The van der Waals surface area contributed by atoms with Gasteiger partial charge in [-0.25, -0.2) is 9.67 Å². The number of rotatable bonds is 3. The van der Waals surface area contributed by atoms with Crippen molar-refractivity contribution in [2.75, 3.05) is 5.32 Å². The van der Waals surface area contributed by atoms with Crippen LogP contribution in [0.15, 0.2) is 36.7 Å². The van der Waals surface area contributed by atoms with Crippen LogP contribution in [0.3, 0.4) is 0 Å². The number of carbonyl (C=O) groups excluding carboxylic acids is 1. The summed E-state index contributed by atoms with van der Waals surface area (Å²) in [5.41, 5.74) is 1.66. The fraction of sp³-hybridized carbons (Fsp3) is 0.188. The van der Waals surface area contributed by atoms with Crippen molar-refractivity contribution in [3.63, 3.8) is 0 Å². The maximum absolute atomic E-state index is 12.3. The number of aromatic nitrogens is 3. The molecule has 3 rings (SSSR count). The van der Waals surface area contributed by atoms with Crippen molar-refractivity contribution in [3.8, 4) is 0 Å². The summed E-state index contributed by atoms with van der Waals surface area (Å²) in [4.78, 5) is 16.7. The van der Waals surface area contributed by atoms with Gasteiger partial charge in [-0.2, -0.15) is 5.10 Å². The van der Waals surface area contributed by atoms with Gasteiger partial charge in [-0.3, -0.25) is 4.79 Å². The summed E-state index contributed by atoms with van der Waals surface area (Å²) in [5.74, 6) is -0.338. The van der Waals surface area contributed by atoms with Crippen LogP contribution in [0.5, 0.6) is 0 Å². The van der Waals surface area contributed by atoms with Crippen LogP contribution in [-0.2, 0) is 0 Å². The highest BCUT2D eigenvalue weighted by Gasteiger charge is 2.13. The van der Waals surface area contributed by atoms with Crippen LogP contribution in [0.25, 0.3) is 11.0 Å². The second kappa shape index (κ2) is 6.18. The van der Waals surface area contributed by atoms with E-state index in [1.54, 1.807) is 24.5 Å². The molecule has 0 saturated carbocycles. The largest absolute Gasteiger partial charge is 0.321 e. The molecule has 0 unspecified atom stereocenters. The number of carbonyl (C=O) groups is 1. The molecule has 0 aliphatic rings. The number of hydrogen-bond donors (Lipinski definition) is 1. The Morgan fingerprint density at radius 2 is 2.00 bits per heavy atom. The van der Waals surface area contributed by atoms with Gasteiger partial charge < -0.3 is 5.32 Å².